The number of carboxylic acid groups (broad SMARTS) is 1. The Morgan fingerprint density at radius 2 is 2.10 bits per heavy atom. The van der Waals surface area contributed by atoms with Gasteiger partial charge in [-0.25, -0.2) is 4.79 Å². The molecule has 0 aliphatic heterocycles. The van der Waals surface area contributed by atoms with Gasteiger partial charge in [-0.1, -0.05) is 30.3 Å². The summed E-state index contributed by atoms with van der Waals surface area (Å²) >= 11 is 0. The van der Waals surface area contributed by atoms with Crippen molar-refractivity contribution in [2.75, 3.05) is 0 Å². The molecule has 4 nitrogen and oxygen atoms in total. The van der Waals surface area contributed by atoms with E-state index in [0.29, 0.717) is 6.54 Å². The summed E-state index contributed by atoms with van der Waals surface area (Å²) in [5.41, 5.74) is 6.69. The summed E-state index contributed by atoms with van der Waals surface area (Å²) in [4.78, 5) is 13.2. The lowest BCUT2D eigenvalue weighted by molar-refractivity contribution is 0.0506. The molecule has 20 heavy (non-hydrogen) atoms. The predicted molar refractivity (Wildman–Crippen MR) is 82.1 cm³/mol. The van der Waals surface area contributed by atoms with Crippen LogP contribution >= 0.6 is 12.4 Å². The van der Waals surface area contributed by atoms with Gasteiger partial charge in [0.15, 0.2) is 0 Å². The molecule has 0 aromatic heterocycles. The Labute approximate surface area is 126 Å². The first-order valence-electron chi connectivity index (χ1n) is 6.81. The fraction of sp³-hybridized carbons (Fsp3) is 0.533. The van der Waals surface area contributed by atoms with Crippen molar-refractivity contribution in [2.45, 2.75) is 50.7 Å². The van der Waals surface area contributed by atoms with Crippen LogP contribution in [0.4, 0.5) is 4.79 Å². The van der Waals surface area contributed by atoms with E-state index in [4.69, 9.17) is 5.73 Å². The number of halogens is 1. The molecule has 2 rings (SSSR count). The smallest absolute Gasteiger partial charge is 0.408 e. The summed E-state index contributed by atoms with van der Waals surface area (Å²) < 4.78 is 0. The van der Waals surface area contributed by atoms with E-state index in [-0.39, 0.29) is 24.0 Å². The number of nitrogens with zero attached hydrogens (tertiary/aromatic N) is 1. The quantitative estimate of drug-likeness (QED) is 0.900. The van der Waals surface area contributed by atoms with Crippen LogP contribution in [0.25, 0.3) is 0 Å². The summed E-state index contributed by atoms with van der Waals surface area (Å²) in [5, 5.41) is 9.52. The van der Waals surface area contributed by atoms with Crippen molar-refractivity contribution >= 4 is 18.5 Å². The van der Waals surface area contributed by atoms with Crippen molar-refractivity contribution in [1.82, 2.24) is 4.90 Å². The average molecular weight is 299 g/mol. The lowest BCUT2D eigenvalue weighted by Gasteiger charge is -2.44. The molecule has 1 saturated carbocycles. The highest BCUT2D eigenvalue weighted by Crippen LogP contribution is 2.34. The number of carbonyl (C=O) groups is 1. The number of rotatable bonds is 3. The molecule has 1 amide bonds. The average Bonchev–Trinajstić information content (AvgIpc) is 2.36. The topological polar surface area (TPSA) is 66.6 Å². The van der Waals surface area contributed by atoms with E-state index in [2.05, 4.69) is 0 Å². The first-order chi connectivity index (χ1) is 9.01. The lowest BCUT2D eigenvalue weighted by atomic mass is 9.79. The van der Waals surface area contributed by atoms with Gasteiger partial charge in [0.25, 0.3) is 0 Å². The van der Waals surface area contributed by atoms with Crippen LogP contribution in [0.5, 0.6) is 0 Å². The molecule has 1 fully saturated rings. The van der Waals surface area contributed by atoms with Crippen molar-refractivity contribution in [1.29, 1.82) is 0 Å². The molecule has 1 aliphatic carbocycles. The zero-order chi connectivity index (χ0) is 13.9. The summed E-state index contributed by atoms with van der Waals surface area (Å²) in [5.74, 6) is 0. The van der Waals surface area contributed by atoms with Gasteiger partial charge in [-0.2, -0.15) is 0 Å². The molecule has 0 bridgehead atoms. The molecule has 0 radical (unpaired) electrons. The van der Waals surface area contributed by atoms with Crippen molar-refractivity contribution in [3.05, 3.63) is 35.9 Å². The van der Waals surface area contributed by atoms with Crippen LogP contribution in [0.15, 0.2) is 30.3 Å². The third-order valence-corrected chi connectivity index (χ3v) is 4.06. The normalized spacial score (nSPS) is 25.6. The SMILES string of the molecule is C[C@]1(N(Cc2ccccc2)C(=O)O)CCC[C@@H](N)C1.Cl. The Balaban J connectivity index is 0.00000200. The van der Waals surface area contributed by atoms with Gasteiger partial charge in [-0.05, 0) is 38.2 Å². The fourth-order valence-electron chi connectivity index (χ4n) is 3.01. The van der Waals surface area contributed by atoms with Crippen LogP contribution < -0.4 is 5.73 Å². The van der Waals surface area contributed by atoms with Gasteiger partial charge in [-0.3, -0.25) is 4.90 Å². The van der Waals surface area contributed by atoms with Gasteiger partial charge in [0.05, 0.1) is 0 Å². The van der Waals surface area contributed by atoms with Crippen molar-refractivity contribution in [3.8, 4) is 0 Å². The van der Waals surface area contributed by atoms with Gasteiger partial charge in [0, 0.05) is 18.1 Å². The summed E-state index contributed by atoms with van der Waals surface area (Å²) in [6, 6.07) is 9.84. The fourth-order valence-corrected chi connectivity index (χ4v) is 3.01. The number of nitrogens with two attached hydrogens (primary N) is 1. The summed E-state index contributed by atoms with van der Waals surface area (Å²) in [7, 11) is 0. The van der Waals surface area contributed by atoms with Gasteiger partial charge in [0.2, 0.25) is 0 Å². The molecule has 0 spiro atoms. The minimum absolute atomic E-state index is 0. The molecule has 1 aliphatic rings. The number of benzene rings is 1. The van der Waals surface area contributed by atoms with Crippen LogP contribution in [-0.2, 0) is 6.54 Å². The van der Waals surface area contributed by atoms with Crippen LogP contribution in [0, 0.1) is 0 Å². The first kappa shape index (κ1) is 16.8. The maximum Gasteiger partial charge on any atom is 0.408 e. The van der Waals surface area contributed by atoms with Gasteiger partial charge < -0.3 is 10.8 Å². The van der Waals surface area contributed by atoms with E-state index < -0.39 is 6.09 Å². The highest BCUT2D eigenvalue weighted by Gasteiger charge is 2.38. The standard InChI is InChI=1S/C15H22N2O2.ClH/c1-15(9-5-8-13(16)10-15)17(14(18)19)11-12-6-3-2-4-7-12;/h2-4,6-7,13H,5,8-11,16H2,1H3,(H,18,19);1H/t13-,15+;/m1./s1. The van der Waals surface area contributed by atoms with Gasteiger partial charge in [0.1, 0.15) is 0 Å². The number of amides is 1. The molecule has 1 aromatic rings. The Morgan fingerprint density at radius 3 is 2.65 bits per heavy atom. The number of hydrogen-bond acceptors (Lipinski definition) is 2. The van der Waals surface area contributed by atoms with E-state index in [0.717, 1.165) is 31.2 Å². The van der Waals surface area contributed by atoms with Crippen LogP contribution in [0.2, 0.25) is 0 Å². The maximum absolute atomic E-state index is 11.6. The van der Waals surface area contributed by atoms with Gasteiger partial charge in [-0.15, -0.1) is 12.4 Å². The van der Waals surface area contributed by atoms with Gasteiger partial charge >= 0.3 is 6.09 Å². The Bertz CT molecular complexity index is 441. The highest BCUT2D eigenvalue weighted by atomic mass is 35.5. The molecule has 112 valence electrons. The third-order valence-electron chi connectivity index (χ3n) is 4.06. The van der Waals surface area contributed by atoms with E-state index in [1.807, 2.05) is 37.3 Å². The molecule has 0 saturated heterocycles. The molecule has 3 N–H and O–H groups in total. The first-order valence-corrected chi connectivity index (χ1v) is 6.81. The molecular weight excluding hydrogens is 276 g/mol. The minimum atomic E-state index is -0.861. The number of hydrogen-bond donors (Lipinski definition) is 2. The Hall–Kier alpha value is -1.26. The zero-order valence-corrected chi connectivity index (χ0v) is 12.6. The van der Waals surface area contributed by atoms with E-state index in [9.17, 15) is 9.90 Å². The predicted octanol–water partition coefficient (Wildman–Crippen LogP) is 3.25. The molecule has 1 aromatic carbocycles. The van der Waals surface area contributed by atoms with E-state index >= 15 is 0 Å². The van der Waals surface area contributed by atoms with Crippen molar-refractivity contribution < 1.29 is 9.90 Å². The second-order valence-electron chi connectivity index (χ2n) is 5.71. The zero-order valence-electron chi connectivity index (χ0n) is 11.8. The van der Waals surface area contributed by atoms with Crippen LogP contribution in [0.1, 0.15) is 38.2 Å². The second-order valence-corrected chi connectivity index (χ2v) is 5.71. The van der Waals surface area contributed by atoms with E-state index in [1.165, 1.54) is 0 Å². The van der Waals surface area contributed by atoms with Crippen molar-refractivity contribution in [2.24, 2.45) is 5.73 Å². The van der Waals surface area contributed by atoms with Crippen LogP contribution in [-0.4, -0.2) is 27.7 Å². The Morgan fingerprint density at radius 1 is 1.45 bits per heavy atom. The van der Waals surface area contributed by atoms with E-state index in [1.54, 1.807) is 4.90 Å². The molecule has 0 unspecified atom stereocenters. The largest absolute Gasteiger partial charge is 0.465 e. The van der Waals surface area contributed by atoms with Crippen molar-refractivity contribution in [3.63, 3.8) is 0 Å². The monoisotopic (exact) mass is 298 g/mol. The Kier molecular flexibility index (Phi) is 5.84. The maximum atomic E-state index is 11.6. The molecule has 0 heterocycles. The summed E-state index contributed by atoms with van der Waals surface area (Å²) in [6.45, 7) is 2.45. The summed E-state index contributed by atoms with van der Waals surface area (Å²) in [6.07, 6.45) is 2.76. The highest BCUT2D eigenvalue weighted by molar-refractivity contribution is 5.85. The molecule has 5 heteroatoms. The molecular formula is C15H23ClN2O2. The third kappa shape index (κ3) is 3.87. The minimum Gasteiger partial charge on any atom is -0.465 e. The molecule has 2 atom stereocenters. The lowest BCUT2D eigenvalue weighted by Crippen LogP contribution is -2.53. The second kappa shape index (κ2) is 6.95. The van der Waals surface area contributed by atoms with Crippen LogP contribution in [0.3, 0.4) is 0 Å².